The topological polar surface area (TPSA) is 64.3 Å². The highest BCUT2D eigenvalue weighted by atomic mass is 35.5. The van der Waals surface area contributed by atoms with Crippen LogP contribution in [0.15, 0.2) is 53.3 Å². The smallest absolute Gasteiger partial charge is 0.274 e. The standard InChI is InChI=1S/C19H19ClN2O3/c1-13-17-4-2-3-5-18(17)19(24)22(21-13)10-16(23)12-25-11-14-6-8-15(20)9-7-14/h2-9,16,23H,10-12H2,1H3. The molecule has 130 valence electrons. The lowest BCUT2D eigenvalue weighted by molar-refractivity contribution is 0.0180. The van der Waals surface area contributed by atoms with Crippen LogP contribution in [0.1, 0.15) is 11.3 Å². The number of rotatable bonds is 6. The molecule has 5 nitrogen and oxygen atoms in total. The van der Waals surface area contributed by atoms with Gasteiger partial charge in [-0.2, -0.15) is 5.10 Å². The maximum Gasteiger partial charge on any atom is 0.274 e. The Labute approximate surface area is 150 Å². The summed E-state index contributed by atoms with van der Waals surface area (Å²) in [5.41, 5.74) is 1.51. The summed E-state index contributed by atoms with van der Waals surface area (Å²) < 4.78 is 6.81. The Hall–Kier alpha value is -2.21. The summed E-state index contributed by atoms with van der Waals surface area (Å²) in [7, 11) is 0. The van der Waals surface area contributed by atoms with Crippen molar-refractivity contribution in [1.82, 2.24) is 9.78 Å². The van der Waals surface area contributed by atoms with Crippen molar-refractivity contribution in [3.8, 4) is 0 Å². The minimum atomic E-state index is -0.821. The van der Waals surface area contributed by atoms with E-state index in [1.54, 1.807) is 18.2 Å². The molecule has 0 aliphatic rings. The fourth-order valence-corrected chi connectivity index (χ4v) is 2.80. The van der Waals surface area contributed by atoms with Crippen LogP contribution in [0.3, 0.4) is 0 Å². The molecule has 2 aromatic carbocycles. The fourth-order valence-electron chi connectivity index (χ4n) is 2.67. The minimum absolute atomic E-state index is 0.0884. The molecule has 0 aliphatic heterocycles. The second-order valence-corrected chi connectivity index (χ2v) is 6.35. The fraction of sp³-hybridized carbons (Fsp3) is 0.263. The van der Waals surface area contributed by atoms with Crippen molar-refractivity contribution < 1.29 is 9.84 Å². The quantitative estimate of drug-likeness (QED) is 0.735. The number of hydrogen-bond acceptors (Lipinski definition) is 4. The van der Waals surface area contributed by atoms with E-state index in [4.69, 9.17) is 16.3 Å². The Morgan fingerprint density at radius 3 is 2.56 bits per heavy atom. The lowest BCUT2D eigenvalue weighted by Gasteiger charge is -2.14. The number of aliphatic hydroxyl groups is 1. The van der Waals surface area contributed by atoms with E-state index >= 15 is 0 Å². The summed E-state index contributed by atoms with van der Waals surface area (Å²) in [4.78, 5) is 12.5. The second-order valence-electron chi connectivity index (χ2n) is 5.91. The average Bonchev–Trinajstić information content (AvgIpc) is 2.61. The van der Waals surface area contributed by atoms with Gasteiger partial charge in [-0.05, 0) is 30.7 Å². The molecule has 0 bridgehead atoms. The Morgan fingerprint density at radius 2 is 1.84 bits per heavy atom. The molecule has 1 N–H and O–H groups in total. The van der Waals surface area contributed by atoms with Crippen molar-refractivity contribution in [1.29, 1.82) is 0 Å². The van der Waals surface area contributed by atoms with Gasteiger partial charge in [0.2, 0.25) is 0 Å². The van der Waals surface area contributed by atoms with Crippen molar-refractivity contribution in [3.05, 3.63) is 75.2 Å². The number of aromatic nitrogens is 2. The van der Waals surface area contributed by atoms with Crippen LogP contribution in [0.5, 0.6) is 0 Å². The SMILES string of the molecule is Cc1nn(CC(O)COCc2ccc(Cl)cc2)c(=O)c2ccccc12. The molecule has 0 spiro atoms. The molecule has 6 heteroatoms. The number of nitrogens with zero attached hydrogens (tertiary/aromatic N) is 2. The van der Waals surface area contributed by atoms with Crippen LogP contribution in [0.4, 0.5) is 0 Å². The van der Waals surface area contributed by atoms with Gasteiger partial charge < -0.3 is 9.84 Å². The van der Waals surface area contributed by atoms with Gasteiger partial charge in [-0.15, -0.1) is 0 Å². The first-order valence-corrected chi connectivity index (χ1v) is 8.39. The molecule has 0 saturated carbocycles. The molecule has 3 rings (SSSR count). The Bertz CT molecular complexity index is 922. The molecule has 0 radical (unpaired) electrons. The van der Waals surface area contributed by atoms with Crippen molar-refractivity contribution in [2.24, 2.45) is 0 Å². The van der Waals surface area contributed by atoms with Crippen LogP contribution in [-0.2, 0) is 17.9 Å². The van der Waals surface area contributed by atoms with Gasteiger partial charge in [0.05, 0.1) is 36.9 Å². The van der Waals surface area contributed by atoms with E-state index in [-0.39, 0.29) is 18.7 Å². The normalized spacial score (nSPS) is 12.4. The van der Waals surface area contributed by atoms with Crippen LogP contribution in [-0.4, -0.2) is 27.6 Å². The average molecular weight is 359 g/mol. The van der Waals surface area contributed by atoms with Gasteiger partial charge in [-0.25, -0.2) is 4.68 Å². The first-order chi connectivity index (χ1) is 12.0. The predicted octanol–water partition coefficient (Wildman–Crippen LogP) is 2.94. The summed E-state index contributed by atoms with van der Waals surface area (Å²) in [6.07, 6.45) is -0.821. The summed E-state index contributed by atoms with van der Waals surface area (Å²) in [5.74, 6) is 0. The van der Waals surface area contributed by atoms with E-state index in [1.165, 1.54) is 4.68 Å². The van der Waals surface area contributed by atoms with E-state index in [0.717, 1.165) is 16.6 Å². The first kappa shape index (κ1) is 17.6. The summed E-state index contributed by atoms with van der Waals surface area (Å²) in [6, 6.07) is 14.7. The molecule has 1 atom stereocenters. The van der Waals surface area contributed by atoms with Crippen molar-refractivity contribution >= 4 is 22.4 Å². The molecular weight excluding hydrogens is 340 g/mol. The van der Waals surface area contributed by atoms with E-state index < -0.39 is 6.10 Å². The van der Waals surface area contributed by atoms with Crippen LogP contribution >= 0.6 is 11.6 Å². The van der Waals surface area contributed by atoms with Gasteiger partial charge in [0.15, 0.2) is 0 Å². The number of halogens is 1. The van der Waals surface area contributed by atoms with Crippen LogP contribution < -0.4 is 5.56 Å². The van der Waals surface area contributed by atoms with Gasteiger partial charge in [-0.3, -0.25) is 4.79 Å². The second kappa shape index (κ2) is 7.78. The molecule has 1 heterocycles. The van der Waals surface area contributed by atoms with Gasteiger partial charge >= 0.3 is 0 Å². The van der Waals surface area contributed by atoms with E-state index in [0.29, 0.717) is 17.0 Å². The van der Waals surface area contributed by atoms with Gasteiger partial charge in [0.1, 0.15) is 0 Å². The largest absolute Gasteiger partial charge is 0.389 e. The Morgan fingerprint density at radius 1 is 1.16 bits per heavy atom. The highest BCUT2D eigenvalue weighted by Gasteiger charge is 2.12. The van der Waals surface area contributed by atoms with Crippen LogP contribution in [0.2, 0.25) is 5.02 Å². The van der Waals surface area contributed by atoms with E-state index in [2.05, 4.69) is 5.10 Å². The first-order valence-electron chi connectivity index (χ1n) is 8.01. The van der Waals surface area contributed by atoms with Crippen LogP contribution in [0.25, 0.3) is 10.8 Å². The summed E-state index contributed by atoms with van der Waals surface area (Å²) in [5, 5.41) is 16.6. The van der Waals surface area contributed by atoms with Crippen molar-refractivity contribution in [3.63, 3.8) is 0 Å². The third kappa shape index (κ3) is 4.25. The van der Waals surface area contributed by atoms with Crippen LogP contribution in [0, 0.1) is 6.92 Å². The Balaban J connectivity index is 1.64. The van der Waals surface area contributed by atoms with Gasteiger partial charge in [-0.1, -0.05) is 41.9 Å². The molecule has 25 heavy (non-hydrogen) atoms. The highest BCUT2D eigenvalue weighted by molar-refractivity contribution is 6.30. The van der Waals surface area contributed by atoms with Crippen molar-refractivity contribution in [2.75, 3.05) is 6.61 Å². The van der Waals surface area contributed by atoms with Gasteiger partial charge in [0, 0.05) is 10.4 Å². The molecule has 0 saturated heterocycles. The number of hydrogen-bond donors (Lipinski definition) is 1. The Kier molecular flexibility index (Phi) is 5.48. The summed E-state index contributed by atoms with van der Waals surface area (Å²) >= 11 is 5.84. The third-order valence-electron chi connectivity index (χ3n) is 3.93. The molecule has 1 unspecified atom stereocenters. The lowest BCUT2D eigenvalue weighted by atomic mass is 10.1. The molecule has 0 amide bonds. The number of aliphatic hydroxyl groups excluding tert-OH is 1. The number of ether oxygens (including phenoxy) is 1. The maximum absolute atomic E-state index is 12.5. The lowest BCUT2D eigenvalue weighted by Crippen LogP contribution is -2.31. The van der Waals surface area contributed by atoms with E-state index in [1.807, 2.05) is 37.3 Å². The molecule has 3 aromatic rings. The number of aryl methyl sites for hydroxylation is 1. The zero-order valence-corrected chi connectivity index (χ0v) is 14.6. The maximum atomic E-state index is 12.5. The van der Waals surface area contributed by atoms with Gasteiger partial charge in [0.25, 0.3) is 5.56 Å². The highest BCUT2D eigenvalue weighted by Crippen LogP contribution is 2.12. The molecule has 0 aliphatic carbocycles. The zero-order chi connectivity index (χ0) is 17.8. The van der Waals surface area contributed by atoms with E-state index in [9.17, 15) is 9.90 Å². The minimum Gasteiger partial charge on any atom is -0.389 e. The number of benzene rings is 2. The zero-order valence-electron chi connectivity index (χ0n) is 13.9. The monoisotopic (exact) mass is 358 g/mol. The molecule has 0 fully saturated rings. The summed E-state index contributed by atoms with van der Waals surface area (Å²) in [6.45, 7) is 2.42. The molecule has 1 aromatic heterocycles. The third-order valence-corrected chi connectivity index (χ3v) is 4.18. The molecular formula is C19H19ClN2O3. The predicted molar refractivity (Wildman–Crippen MR) is 97.9 cm³/mol. The van der Waals surface area contributed by atoms with Crippen molar-refractivity contribution in [2.45, 2.75) is 26.2 Å². The number of fused-ring (bicyclic) bond motifs is 1.